The van der Waals surface area contributed by atoms with E-state index in [1.54, 1.807) is 6.21 Å². The largest absolute Gasteiger partial charge is 0.506 e. The fourth-order valence-electron chi connectivity index (χ4n) is 4.18. The molecule has 0 saturated carbocycles. The zero-order valence-corrected chi connectivity index (χ0v) is 21.9. The maximum atomic E-state index is 10.6. The first-order valence-electron chi connectivity index (χ1n) is 12.1. The standard InChI is InChI=1S/C31H27BrN2O2/c1-3-20(2)23-12-13-29-28(18-23)34-31(36-29)24-10-7-11-26(17-24)33-19-25-15-22(16-27(32)30(25)35)14-21-8-5-4-6-9-21/h4-13,15-20,35H,3,14H2,1-2H3/t20-/m1/s1. The van der Waals surface area contributed by atoms with Crippen LogP contribution in [-0.4, -0.2) is 16.3 Å². The van der Waals surface area contributed by atoms with Gasteiger partial charge in [0.2, 0.25) is 5.89 Å². The van der Waals surface area contributed by atoms with E-state index in [1.165, 1.54) is 11.1 Å². The Kier molecular flexibility index (Phi) is 7.01. The monoisotopic (exact) mass is 538 g/mol. The topological polar surface area (TPSA) is 58.6 Å². The van der Waals surface area contributed by atoms with Crippen molar-refractivity contribution in [3.8, 4) is 17.2 Å². The zero-order valence-electron chi connectivity index (χ0n) is 20.3. The molecule has 0 aliphatic heterocycles. The Morgan fingerprint density at radius 3 is 2.61 bits per heavy atom. The number of oxazole rings is 1. The average molecular weight is 539 g/mol. The second-order valence-electron chi connectivity index (χ2n) is 9.04. The Labute approximate surface area is 219 Å². The van der Waals surface area contributed by atoms with Gasteiger partial charge >= 0.3 is 0 Å². The molecule has 1 heterocycles. The number of phenolic OH excluding ortho intramolecular Hbond substituents is 1. The number of phenols is 1. The quantitative estimate of drug-likeness (QED) is 0.210. The third-order valence-corrected chi connectivity index (χ3v) is 7.05. The van der Waals surface area contributed by atoms with Crippen LogP contribution in [0.2, 0.25) is 0 Å². The smallest absolute Gasteiger partial charge is 0.227 e. The van der Waals surface area contributed by atoms with Crippen LogP contribution in [0.1, 0.15) is 48.4 Å². The van der Waals surface area contributed by atoms with Gasteiger partial charge in [-0.1, -0.05) is 56.3 Å². The summed E-state index contributed by atoms with van der Waals surface area (Å²) in [5.41, 5.74) is 7.46. The molecule has 0 saturated heterocycles. The number of hydrogen-bond donors (Lipinski definition) is 1. The summed E-state index contributed by atoms with van der Waals surface area (Å²) in [7, 11) is 0. The van der Waals surface area contributed by atoms with Crippen molar-refractivity contribution in [2.75, 3.05) is 0 Å². The molecular weight excluding hydrogens is 512 g/mol. The number of aromatic nitrogens is 1. The van der Waals surface area contributed by atoms with E-state index in [9.17, 15) is 5.11 Å². The molecule has 0 spiro atoms. The Bertz CT molecular complexity index is 1540. The van der Waals surface area contributed by atoms with E-state index in [-0.39, 0.29) is 5.75 Å². The Morgan fingerprint density at radius 1 is 0.972 bits per heavy atom. The lowest BCUT2D eigenvalue weighted by atomic mass is 9.98. The van der Waals surface area contributed by atoms with Crippen LogP contribution in [0.3, 0.4) is 0 Å². The highest BCUT2D eigenvalue weighted by Gasteiger charge is 2.12. The van der Waals surface area contributed by atoms with E-state index < -0.39 is 0 Å². The minimum absolute atomic E-state index is 0.169. The van der Waals surface area contributed by atoms with Gasteiger partial charge in [-0.2, -0.15) is 0 Å². The molecule has 0 fully saturated rings. The molecule has 180 valence electrons. The molecular formula is C31H27BrN2O2. The van der Waals surface area contributed by atoms with Crippen LogP contribution < -0.4 is 0 Å². The van der Waals surface area contributed by atoms with Crippen LogP contribution in [-0.2, 0) is 6.42 Å². The van der Waals surface area contributed by atoms with Crippen molar-refractivity contribution in [1.82, 2.24) is 4.98 Å². The highest BCUT2D eigenvalue weighted by molar-refractivity contribution is 9.10. The number of rotatable bonds is 7. The first-order valence-corrected chi connectivity index (χ1v) is 12.9. The fourth-order valence-corrected chi connectivity index (χ4v) is 4.71. The minimum Gasteiger partial charge on any atom is -0.506 e. The van der Waals surface area contributed by atoms with Gasteiger partial charge < -0.3 is 9.52 Å². The predicted molar refractivity (Wildman–Crippen MR) is 150 cm³/mol. The molecule has 0 aliphatic carbocycles. The molecule has 5 rings (SSSR count). The summed E-state index contributed by atoms with van der Waals surface area (Å²) in [6.45, 7) is 4.41. The van der Waals surface area contributed by atoms with E-state index >= 15 is 0 Å². The van der Waals surface area contributed by atoms with Gasteiger partial charge in [-0.25, -0.2) is 4.98 Å². The lowest BCUT2D eigenvalue weighted by Gasteiger charge is -2.08. The maximum Gasteiger partial charge on any atom is 0.227 e. The van der Waals surface area contributed by atoms with E-state index in [1.807, 2.05) is 60.7 Å². The van der Waals surface area contributed by atoms with Crippen LogP contribution >= 0.6 is 15.9 Å². The van der Waals surface area contributed by atoms with Crippen molar-refractivity contribution in [1.29, 1.82) is 0 Å². The molecule has 1 aromatic heterocycles. The first-order chi connectivity index (χ1) is 17.5. The zero-order chi connectivity index (χ0) is 25.1. The van der Waals surface area contributed by atoms with E-state index in [4.69, 9.17) is 9.40 Å². The van der Waals surface area contributed by atoms with Crippen molar-refractivity contribution in [3.63, 3.8) is 0 Å². The average Bonchev–Trinajstić information content (AvgIpc) is 3.34. The SMILES string of the molecule is CC[C@@H](C)c1ccc2oc(-c3cccc(N=Cc4cc(Cc5ccccc5)cc(Br)c4O)c3)nc2c1. The summed E-state index contributed by atoms with van der Waals surface area (Å²) >= 11 is 3.48. The third kappa shape index (κ3) is 5.26. The summed E-state index contributed by atoms with van der Waals surface area (Å²) in [5.74, 6) is 1.22. The van der Waals surface area contributed by atoms with Gasteiger partial charge in [0, 0.05) is 17.3 Å². The van der Waals surface area contributed by atoms with Crippen molar-refractivity contribution < 1.29 is 9.52 Å². The van der Waals surface area contributed by atoms with Crippen molar-refractivity contribution in [3.05, 3.63) is 112 Å². The minimum atomic E-state index is 0.169. The van der Waals surface area contributed by atoms with Gasteiger partial charge in [-0.05, 0) is 93.8 Å². The number of aliphatic imine (C=N–C) groups is 1. The first kappa shape index (κ1) is 24.0. The normalized spacial score (nSPS) is 12.4. The second kappa shape index (κ2) is 10.5. The van der Waals surface area contributed by atoms with Crippen LogP contribution in [0.15, 0.2) is 98.8 Å². The lowest BCUT2D eigenvalue weighted by Crippen LogP contribution is -1.92. The number of benzene rings is 4. The van der Waals surface area contributed by atoms with Crippen LogP contribution in [0.4, 0.5) is 5.69 Å². The van der Waals surface area contributed by atoms with E-state index in [0.717, 1.165) is 40.8 Å². The fraction of sp³-hybridized carbons (Fsp3) is 0.161. The molecule has 1 N–H and O–H groups in total. The number of fused-ring (bicyclic) bond motifs is 1. The third-order valence-electron chi connectivity index (χ3n) is 6.44. The van der Waals surface area contributed by atoms with Crippen LogP contribution in [0, 0.1) is 0 Å². The van der Waals surface area contributed by atoms with E-state index in [0.29, 0.717) is 21.8 Å². The molecule has 1 atom stereocenters. The molecule has 4 aromatic carbocycles. The number of halogens is 1. The molecule has 4 nitrogen and oxygen atoms in total. The molecule has 0 unspecified atom stereocenters. The van der Waals surface area contributed by atoms with Crippen LogP contribution in [0.5, 0.6) is 5.75 Å². The molecule has 0 radical (unpaired) electrons. The van der Waals surface area contributed by atoms with Crippen molar-refractivity contribution in [2.45, 2.75) is 32.6 Å². The summed E-state index contributed by atoms with van der Waals surface area (Å²) < 4.78 is 6.69. The molecule has 0 bridgehead atoms. The Balaban J connectivity index is 1.41. The number of aromatic hydroxyl groups is 1. The highest BCUT2D eigenvalue weighted by atomic mass is 79.9. The van der Waals surface area contributed by atoms with Gasteiger partial charge in [-0.15, -0.1) is 0 Å². The Morgan fingerprint density at radius 2 is 1.81 bits per heavy atom. The van der Waals surface area contributed by atoms with Crippen molar-refractivity contribution >= 4 is 38.9 Å². The maximum absolute atomic E-state index is 10.6. The molecule has 5 aromatic rings. The van der Waals surface area contributed by atoms with Crippen LogP contribution in [0.25, 0.3) is 22.6 Å². The number of hydrogen-bond acceptors (Lipinski definition) is 4. The van der Waals surface area contributed by atoms with Gasteiger partial charge in [0.15, 0.2) is 5.58 Å². The Hall–Kier alpha value is -3.70. The highest BCUT2D eigenvalue weighted by Crippen LogP contribution is 2.32. The predicted octanol–water partition coefficient (Wildman–Crippen LogP) is 8.82. The summed E-state index contributed by atoms with van der Waals surface area (Å²) in [6.07, 6.45) is 3.54. The van der Waals surface area contributed by atoms with Gasteiger partial charge in [0.25, 0.3) is 0 Å². The van der Waals surface area contributed by atoms with Gasteiger partial charge in [0.05, 0.1) is 10.2 Å². The second-order valence-corrected chi connectivity index (χ2v) is 9.90. The molecule has 36 heavy (non-hydrogen) atoms. The molecule has 0 aliphatic rings. The molecule has 5 heteroatoms. The van der Waals surface area contributed by atoms with Crippen molar-refractivity contribution in [2.24, 2.45) is 4.99 Å². The lowest BCUT2D eigenvalue weighted by molar-refractivity contribution is 0.471. The summed E-state index contributed by atoms with van der Waals surface area (Å²) in [4.78, 5) is 9.37. The number of nitrogens with zero attached hydrogens (tertiary/aromatic N) is 2. The summed E-state index contributed by atoms with van der Waals surface area (Å²) in [6, 6.07) is 28.2. The van der Waals surface area contributed by atoms with Gasteiger partial charge in [-0.3, -0.25) is 4.99 Å². The summed E-state index contributed by atoms with van der Waals surface area (Å²) in [5, 5.41) is 10.6. The molecule has 0 amide bonds. The van der Waals surface area contributed by atoms with Gasteiger partial charge in [0.1, 0.15) is 11.3 Å². The van der Waals surface area contributed by atoms with E-state index in [2.05, 4.69) is 59.0 Å².